The molecule has 0 saturated heterocycles. The topological polar surface area (TPSA) is 62.0 Å². The lowest BCUT2D eigenvalue weighted by Gasteiger charge is -2.11. The van der Waals surface area contributed by atoms with Gasteiger partial charge >= 0.3 is 0 Å². The molecule has 4 nitrogen and oxygen atoms in total. The van der Waals surface area contributed by atoms with Gasteiger partial charge in [0.2, 0.25) is 0 Å². The molecule has 0 atom stereocenters. The summed E-state index contributed by atoms with van der Waals surface area (Å²) in [4.78, 5) is 3.32. The van der Waals surface area contributed by atoms with E-state index in [1.54, 1.807) is 24.3 Å². The van der Waals surface area contributed by atoms with Crippen molar-refractivity contribution in [2.24, 2.45) is 0 Å². The fourth-order valence-electron chi connectivity index (χ4n) is 3.26. The number of para-hydroxylation sites is 1. The molecule has 1 heterocycles. The third-order valence-corrected chi connectivity index (χ3v) is 6.88. The number of halogens is 2. The van der Waals surface area contributed by atoms with E-state index in [9.17, 15) is 8.42 Å². The molecule has 3 aromatic carbocycles. The summed E-state index contributed by atoms with van der Waals surface area (Å²) in [5.74, 6) is 0. The number of aromatic nitrogens is 1. The zero-order valence-corrected chi connectivity index (χ0v) is 17.2. The molecule has 1 aromatic heterocycles. The Morgan fingerprint density at radius 1 is 0.893 bits per heavy atom. The molecule has 0 aliphatic rings. The summed E-state index contributed by atoms with van der Waals surface area (Å²) in [6.45, 7) is 2.02. The summed E-state index contributed by atoms with van der Waals surface area (Å²) in [6.07, 6.45) is 0. The molecule has 2 N–H and O–H groups in total. The molecule has 0 spiro atoms. The highest BCUT2D eigenvalue weighted by atomic mass is 35.5. The molecule has 28 heavy (non-hydrogen) atoms. The van der Waals surface area contributed by atoms with Crippen LogP contribution in [-0.2, 0) is 10.0 Å². The molecule has 7 heteroatoms. The highest BCUT2D eigenvalue weighted by molar-refractivity contribution is 7.92. The summed E-state index contributed by atoms with van der Waals surface area (Å²) in [7, 11) is -3.85. The lowest BCUT2D eigenvalue weighted by molar-refractivity contribution is 0.601. The molecule has 4 aromatic rings. The number of nitrogens with one attached hydrogen (secondary N) is 2. The van der Waals surface area contributed by atoms with E-state index in [-0.39, 0.29) is 14.9 Å². The Morgan fingerprint density at radius 3 is 2.36 bits per heavy atom. The SMILES string of the molecule is Cc1[nH]c2ccccc2c1-c1ccc(NS(=O)(=O)c2cccc(Cl)c2Cl)cc1. The minimum absolute atomic E-state index is 0.00250. The van der Waals surface area contributed by atoms with E-state index in [2.05, 4.69) is 15.8 Å². The summed E-state index contributed by atoms with van der Waals surface area (Å²) in [5, 5.41) is 1.32. The van der Waals surface area contributed by atoms with Crippen molar-refractivity contribution in [2.45, 2.75) is 11.8 Å². The third-order valence-electron chi connectivity index (χ3n) is 4.53. The van der Waals surface area contributed by atoms with Gasteiger partial charge in [0.15, 0.2) is 0 Å². The maximum atomic E-state index is 12.7. The number of hydrogen-bond donors (Lipinski definition) is 2. The highest BCUT2D eigenvalue weighted by Gasteiger charge is 2.20. The fraction of sp³-hybridized carbons (Fsp3) is 0.0476. The first-order valence-corrected chi connectivity index (χ1v) is 10.8. The number of H-pyrrole nitrogens is 1. The lowest BCUT2D eigenvalue weighted by Crippen LogP contribution is -2.13. The van der Waals surface area contributed by atoms with Crippen molar-refractivity contribution in [2.75, 3.05) is 4.72 Å². The predicted molar refractivity (Wildman–Crippen MR) is 116 cm³/mol. The maximum absolute atomic E-state index is 12.7. The Hall–Kier alpha value is -2.47. The van der Waals surface area contributed by atoms with Gasteiger partial charge in [0.1, 0.15) is 4.90 Å². The van der Waals surface area contributed by atoms with E-state index in [1.807, 2.05) is 37.3 Å². The minimum atomic E-state index is -3.85. The second kappa shape index (κ2) is 7.17. The molecule has 4 rings (SSSR count). The summed E-state index contributed by atoms with van der Waals surface area (Å²) < 4.78 is 27.9. The molecular formula is C21H16Cl2N2O2S. The van der Waals surface area contributed by atoms with Gasteiger partial charge in [-0.25, -0.2) is 8.42 Å². The first-order valence-electron chi connectivity index (χ1n) is 8.51. The lowest BCUT2D eigenvalue weighted by atomic mass is 10.0. The Balaban J connectivity index is 1.67. The fourth-order valence-corrected chi connectivity index (χ4v) is 5.08. The van der Waals surface area contributed by atoms with E-state index >= 15 is 0 Å². The van der Waals surface area contributed by atoms with E-state index < -0.39 is 10.0 Å². The van der Waals surface area contributed by atoms with Gasteiger partial charge in [-0.3, -0.25) is 4.72 Å². The van der Waals surface area contributed by atoms with Crippen molar-refractivity contribution in [3.05, 3.63) is 82.5 Å². The Labute approximate surface area is 173 Å². The summed E-state index contributed by atoms with van der Waals surface area (Å²) in [6, 6.07) is 19.8. The van der Waals surface area contributed by atoms with Crippen molar-refractivity contribution in [1.29, 1.82) is 0 Å². The van der Waals surface area contributed by atoms with Gasteiger partial charge in [0.05, 0.1) is 10.0 Å². The zero-order chi connectivity index (χ0) is 19.9. The monoisotopic (exact) mass is 430 g/mol. The van der Waals surface area contributed by atoms with Crippen LogP contribution in [0.3, 0.4) is 0 Å². The van der Waals surface area contributed by atoms with E-state index in [0.29, 0.717) is 5.69 Å². The Morgan fingerprint density at radius 2 is 1.61 bits per heavy atom. The van der Waals surface area contributed by atoms with E-state index in [0.717, 1.165) is 27.7 Å². The smallest absolute Gasteiger partial charge is 0.263 e. The van der Waals surface area contributed by atoms with Crippen LogP contribution in [0.2, 0.25) is 10.0 Å². The molecule has 0 bridgehead atoms. The number of anilines is 1. The quantitative estimate of drug-likeness (QED) is 0.401. The van der Waals surface area contributed by atoms with Gasteiger partial charge < -0.3 is 4.98 Å². The van der Waals surface area contributed by atoms with Crippen molar-refractivity contribution in [3.8, 4) is 11.1 Å². The molecule has 0 aliphatic carbocycles. The van der Waals surface area contributed by atoms with Crippen LogP contribution in [0.5, 0.6) is 0 Å². The van der Waals surface area contributed by atoms with Gasteiger partial charge in [-0.15, -0.1) is 0 Å². The van der Waals surface area contributed by atoms with Crippen LogP contribution in [0.25, 0.3) is 22.0 Å². The first-order chi connectivity index (χ1) is 13.4. The molecule has 0 saturated carbocycles. The second-order valence-electron chi connectivity index (χ2n) is 6.41. The molecule has 142 valence electrons. The largest absolute Gasteiger partial charge is 0.358 e. The van der Waals surface area contributed by atoms with Gasteiger partial charge in [0.25, 0.3) is 10.0 Å². The standard InChI is InChI=1S/C21H16Cl2N2O2S/c1-13-20(16-5-2-3-7-18(16)24-13)14-9-11-15(12-10-14)25-28(26,27)19-8-4-6-17(22)21(19)23/h2-12,24-25H,1H3. The number of aryl methyl sites for hydroxylation is 1. The number of benzene rings is 3. The van der Waals surface area contributed by atoms with Gasteiger partial charge in [-0.05, 0) is 42.8 Å². The van der Waals surface area contributed by atoms with Crippen LogP contribution in [0.15, 0.2) is 71.6 Å². The molecule has 0 aliphatic heterocycles. The van der Waals surface area contributed by atoms with Gasteiger partial charge in [-0.1, -0.05) is 59.6 Å². The number of rotatable bonds is 4. The van der Waals surface area contributed by atoms with Crippen molar-refractivity contribution in [1.82, 2.24) is 4.98 Å². The Kier molecular flexibility index (Phi) is 4.83. The van der Waals surface area contributed by atoms with Crippen molar-refractivity contribution in [3.63, 3.8) is 0 Å². The molecule has 0 amide bonds. The summed E-state index contributed by atoms with van der Waals surface area (Å²) >= 11 is 12.0. The van der Waals surface area contributed by atoms with E-state index in [1.165, 1.54) is 6.07 Å². The van der Waals surface area contributed by atoms with Crippen LogP contribution < -0.4 is 4.72 Å². The number of sulfonamides is 1. The number of aromatic amines is 1. The molecule has 0 radical (unpaired) electrons. The highest BCUT2D eigenvalue weighted by Crippen LogP contribution is 2.34. The summed E-state index contributed by atoms with van der Waals surface area (Å²) in [5.41, 5.74) is 4.66. The average Bonchev–Trinajstić information content (AvgIpc) is 3.00. The molecule has 0 unspecified atom stereocenters. The predicted octanol–water partition coefficient (Wildman–Crippen LogP) is 6.25. The third kappa shape index (κ3) is 3.37. The van der Waals surface area contributed by atoms with Crippen LogP contribution in [0, 0.1) is 6.92 Å². The minimum Gasteiger partial charge on any atom is -0.358 e. The van der Waals surface area contributed by atoms with Crippen LogP contribution in [0.1, 0.15) is 5.69 Å². The van der Waals surface area contributed by atoms with E-state index in [4.69, 9.17) is 23.2 Å². The first kappa shape index (κ1) is 18.9. The Bertz CT molecular complexity index is 1280. The average molecular weight is 431 g/mol. The van der Waals surface area contributed by atoms with Crippen LogP contribution >= 0.6 is 23.2 Å². The van der Waals surface area contributed by atoms with Crippen LogP contribution in [-0.4, -0.2) is 13.4 Å². The van der Waals surface area contributed by atoms with Crippen LogP contribution in [0.4, 0.5) is 5.69 Å². The number of fused-ring (bicyclic) bond motifs is 1. The second-order valence-corrected chi connectivity index (χ2v) is 8.84. The van der Waals surface area contributed by atoms with Crippen molar-refractivity contribution < 1.29 is 8.42 Å². The van der Waals surface area contributed by atoms with Crippen molar-refractivity contribution >= 4 is 49.8 Å². The number of hydrogen-bond acceptors (Lipinski definition) is 2. The zero-order valence-electron chi connectivity index (χ0n) is 14.8. The normalized spacial score (nSPS) is 11.7. The molecular weight excluding hydrogens is 415 g/mol. The molecule has 0 fully saturated rings. The van der Waals surface area contributed by atoms with Gasteiger partial charge in [-0.2, -0.15) is 0 Å². The maximum Gasteiger partial charge on any atom is 0.263 e. The van der Waals surface area contributed by atoms with Gasteiger partial charge in [0, 0.05) is 27.8 Å².